The van der Waals surface area contributed by atoms with E-state index >= 15 is 0 Å². The molecular formula is C14H21NO2S2. The Morgan fingerprint density at radius 3 is 3.16 bits per heavy atom. The van der Waals surface area contributed by atoms with Crippen LogP contribution in [0.25, 0.3) is 0 Å². The molecule has 3 nitrogen and oxygen atoms in total. The first-order chi connectivity index (χ1) is 9.22. The van der Waals surface area contributed by atoms with Crippen molar-refractivity contribution < 1.29 is 9.47 Å². The minimum Gasteiger partial charge on any atom is -0.496 e. The highest BCUT2D eigenvalue weighted by Crippen LogP contribution is 2.44. The smallest absolute Gasteiger partial charge is 0.129 e. The lowest BCUT2D eigenvalue weighted by atomic mass is 9.81. The average Bonchev–Trinajstić information content (AvgIpc) is 3.07. The van der Waals surface area contributed by atoms with Gasteiger partial charge in [0.05, 0.1) is 12.7 Å². The lowest BCUT2D eigenvalue weighted by Gasteiger charge is -2.39. The molecule has 2 N–H and O–H groups in total. The van der Waals surface area contributed by atoms with Gasteiger partial charge in [-0.05, 0) is 37.0 Å². The highest BCUT2D eigenvalue weighted by molar-refractivity contribution is 7.99. The highest BCUT2D eigenvalue weighted by atomic mass is 32.2. The first kappa shape index (κ1) is 13.7. The maximum Gasteiger partial charge on any atom is 0.129 e. The molecule has 2 aliphatic heterocycles. The van der Waals surface area contributed by atoms with Crippen molar-refractivity contribution in [1.29, 1.82) is 0 Å². The van der Waals surface area contributed by atoms with E-state index in [1.807, 2.05) is 17.1 Å². The van der Waals surface area contributed by atoms with Crippen molar-refractivity contribution >= 4 is 23.1 Å². The van der Waals surface area contributed by atoms with Gasteiger partial charge in [0.1, 0.15) is 5.75 Å². The Hall–Kier alpha value is -0.230. The van der Waals surface area contributed by atoms with Gasteiger partial charge < -0.3 is 15.2 Å². The van der Waals surface area contributed by atoms with Crippen LogP contribution in [0.1, 0.15) is 30.2 Å². The summed E-state index contributed by atoms with van der Waals surface area (Å²) in [6.45, 7) is 0.863. The van der Waals surface area contributed by atoms with Crippen LogP contribution >= 0.6 is 23.1 Å². The summed E-state index contributed by atoms with van der Waals surface area (Å²) in [5.74, 6) is 3.84. The molecule has 19 heavy (non-hydrogen) atoms. The van der Waals surface area contributed by atoms with Gasteiger partial charge in [-0.3, -0.25) is 0 Å². The zero-order valence-electron chi connectivity index (χ0n) is 11.3. The lowest BCUT2D eigenvalue weighted by molar-refractivity contribution is -0.0832. The van der Waals surface area contributed by atoms with Gasteiger partial charge in [-0.2, -0.15) is 11.8 Å². The van der Waals surface area contributed by atoms with Crippen LogP contribution in [0.2, 0.25) is 0 Å². The van der Waals surface area contributed by atoms with Crippen molar-refractivity contribution in [3.05, 3.63) is 16.3 Å². The molecular weight excluding hydrogens is 278 g/mol. The Balaban J connectivity index is 1.70. The monoisotopic (exact) mass is 299 g/mol. The molecule has 2 saturated heterocycles. The van der Waals surface area contributed by atoms with Crippen LogP contribution in [0.3, 0.4) is 0 Å². The van der Waals surface area contributed by atoms with E-state index < -0.39 is 0 Å². The van der Waals surface area contributed by atoms with Gasteiger partial charge in [-0.15, -0.1) is 11.3 Å². The van der Waals surface area contributed by atoms with Crippen LogP contribution in [0, 0.1) is 5.92 Å². The summed E-state index contributed by atoms with van der Waals surface area (Å²) in [6, 6.07) is 2.21. The molecule has 0 aliphatic carbocycles. The standard InChI is InChI=1S/C14H21NO2S2/c1-16-11-6-12(19-8-11)13(15)10-2-4-17-14(7-10)3-5-18-9-14/h6,8,10,13H,2-5,7,9,15H2,1H3. The Kier molecular flexibility index (Phi) is 4.08. The first-order valence-corrected chi connectivity index (χ1v) is 8.86. The lowest BCUT2D eigenvalue weighted by Crippen LogP contribution is -2.42. The third-order valence-electron chi connectivity index (χ3n) is 4.27. The molecule has 2 fully saturated rings. The third-order valence-corrected chi connectivity index (χ3v) is 6.50. The van der Waals surface area contributed by atoms with Gasteiger partial charge in [-0.25, -0.2) is 0 Å². The van der Waals surface area contributed by atoms with Gasteiger partial charge in [0.2, 0.25) is 0 Å². The predicted octanol–water partition coefficient (Wildman–Crippen LogP) is 3.06. The van der Waals surface area contributed by atoms with Crippen LogP contribution in [0.15, 0.2) is 11.4 Å². The van der Waals surface area contributed by atoms with Gasteiger partial charge in [0, 0.05) is 28.7 Å². The van der Waals surface area contributed by atoms with Crippen LogP contribution in [0.4, 0.5) is 0 Å². The molecule has 0 bridgehead atoms. The molecule has 2 aliphatic rings. The quantitative estimate of drug-likeness (QED) is 0.931. The number of hydrogen-bond donors (Lipinski definition) is 1. The van der Waals surface area contributed by atoms with Crippen molar-refractivity contribution in [3.63, 3.8) is 0 Å². The maximum atomic E-state index is 6.48. The predicted molar refractivity (Wildman–Crippen MR) is 81.1 cm³/mol. The molecule has 1 spiro atoms. The number of nitrogens with two attached hydrogens (primary N) is 1. The Morgan fingerprint density at radius 1 is 1.58 bits per heavy atom. The summed E-state index contributed by atoms with van der Waals surface area (Å²) in [7, 11) is 1.70. The second kappa shape index (κ2) is 5.64. The number of ether oxygens (including phenoxy) is 2. The SMILES string of the molecule is COc1csc(C(N)C2CCOC3(CCSC3)C2)c1. The van der Waals surface area contributed by atoms with Crippen molar-refractivity contribution in [2.24, 2.45) is 11.7 Å². The van der Waals surface area contributed by atoms with E-state index in [2.05, 4.69) is 6.07 Å². The van der Waals surface area contributed by atoms with Gasteiger partial charge in [0.15, 0.2) is 0 Å². The van der Waals surface area contributed by atoms with Crippen molar-refractivity contribution in [3.8, 4) is 5.75 Å². The van der Waals surface area contributed by atoms with Gasteiger partial charge in [0.25, 0.3) is 0 Å². The molecule has 3 atom stereocenters. The molecule has 106 valence electrons. The number of thiophene rings is 1. The van der Waals surface area contributed by atoms with E-state index in [1.54, 1.807) is 18.4 Å². The van der Waals surface area contributed by atoms with E-state index in [0.29, 0.717) is 5.92 Å². The van der Waals surface area contributed by atoms with Crippen molar-refractivity contribution in [1.82, 2.24) is 0 Å². The number of hydrogen-bond acceptors (Lipinski definition) is 5. The number of rotatable bonds is 3. The summed E-state index contributed by atoms with van der Waals surface area (Å²) in [6.07, 6.45) is 3.38. The van der Waals surface area contributed by atoms with Crippen molar-refractivity contribution in [2.75, 3.05) is 25.2 Å². The summed E-state index contributed by atoms with van der Waals surface area (Å²) in [4.78, 5) is 1.24. The summed E-state index contributed by atoms with van der Waals surface area (Å²) in [5, 5.41) is 2.04. The van der Waals surface area contributed by atoms with E-state index in [9.17, 15) is 0 Å². The Bertz CT molecular complexity index is 429. The fourth-order valence-corrected chi connectivity index (χ4v) is 5.41. The highest BCUT2D eigenvalue weighted by Gasteiger charge is 2.42. The van der Waals surface area contributed by atoms with Crippen LogP contribution in [0.5, 0.6) is 5.75 Å². The van der Waals surface area contributed by atoms with E-state index in [1.165, 1.54) is 17.1 Å². The second-order valence-electron chi connectivity index (χ2n) is 5.50. The van der Waals surface area contributed by atoms with E-state index in [-0.39, 0.29) is 11.6 Å². The van der Waals surface area contributed by atoms with Gasteiger partial charge >= 0.3 is 0 Å². The molecule has 5 heteroatoms. The van der Waals surface area contributed by atoms with Gasteiger partial charge in [-0.1, -0.05) is 0 Å². The Labute approximate surface area is 122 Å². The molecule has 3 unspecified atom stereocenters. The summed E-state index contributed by atoms with van der Waals surface area (Å²) >= 11 is 3.72. The number of methoxy groups -OCH3 is 1. The summed E-state index contributed by atoms with van der Waals surface area (Å²) in [5.41, 5.74) is 6.60. The van der Waals surface area contributed by atoms with Crippen molar-refractivity contribution in [2.45, 2.75) is 30.9 Å². The second-order valence-corrected chi connectivity index (χ2v) is 7.55. The van der Waals surface area contributed by atoms with Crippen LogP contribution in [-0.2, 0) is 4.74 Å². The molecule has 0 saturated carbocycles. The molecule has 0 amide bonds. The average molecular weight is 299 g/mol. The molecule has 3 heterocycles. The molecule has 0 radical (unpaired) electrons. The molecule has 0 aromatic carbocycles. The van der Waals surface area contributed by atoms with Crippen LogP contribution in [-0.4, -0.2) is 30.8 Å². The minimum atomic E-state index is 0.118. The fourth-order valence-electron chi connectivity index (χ4n) is 3.08. The molecule has 3 rings (SSSR count). The third kappa shape index (κ3) is 2.79. The fraction of sp³-hybridized carbons (Fsp3) is 0.714. The zero-order valence-corrected chi connectivity index (χ0v) is 12.9. The molecule has 1 aromatic rings. The number of thioether (sulfide) groups is 1. The normalized spacial score (nSPS) is 32.6. The first-order valence-electron chi connectivity index (χ1n) is 6.82. The van der Waals surface area contributed by atoms with E-state index in [0.717, 1.165) is 31.0 Å². The van der Waals surface area contributed by atoms with Crippen LogP contribution < -0.4 is 10.5 Å². The largest absolute Gasteiger partial charge is 0.496 e. The maximum absolute atomic E-state index is 6.48. The minimum absolute atomic E-state index is 0.118. The molecule has 1 aromatic heterocycles. The zero-order chi connectivity index (χ0) is 13.3. The van der Waals surface area contributed by atoms with E-state index in [4.69, 9.17) is 15.2 Å². The topological polar surface area (TPSA) is 44.5 Å². The summed E-state index contributed by atoms with van der Waals surface area (Å²) < 4.78 is 11.3. The Morgan fingerprint density at radius 2 is 2.47 bits per heavy atom.